The highest BCUT2D eigenvalue weighted by Gasteiger charge is 2.39. The summed E-state index contributed by atoms with van der Waals surface area (Å²) >= 11 is 0. The van der Waals surface area contributed by atoms with Crippen LogP contribution in [-0.4, -0.2) is 34.8 Å². The van der Waals surface area contributed by atoms with E-state index in [1.54, 1.807) is 6.20 Å². The molecule has 0 radical (unpaired) electrons. The van der Waals surface area contributed by atoms with Crippen molar-refractivity contribution >= 4 is 11.8 Å². The molecule has 0 aliphatic carbocycles. The molecule has 1 aromatic heterocycles. The first-order valence-corrected chi connectivity index (χ1v) is 9.22. The average Bonchev–Trinajstić information content (AvgIpc) is 2.69. The fraction of sp³-hybridized carbons (Fsp3) is 0.381. The maximum absolute atomic E-state index is 12.9. The van der Waals surface area contributed by atoms with Crippen LogP contribution < -0.4 is 5.32 Å². The Kier molecular flexibility index (Phi) is 6.00. The van der Waals surface area contributed by atoms with Crippen LogP contribution >= 0.6 is 0 Å². The number of carbonyl (C=O) groups is 2. The van der Waals surface area contributed by atoms with Crippen LogP contribution in [0.15, 0.2) is 54.7 Å². The highest BCUT2D eigenvalue weighted by atomic mass is 16.2. The van der Waals surface area contributed by atoms with Gasteiger partial charge in [-0.3, -0.25) is 14.6 Å². The fourth-order valence-corrected chi connectivity index (χ4v) is 3.65. The topological polar surface area (TPSA) is 62.3 Å². The molecule has 2 amide bonds. The van der Waals surface area contributed by atoms with E-state index in [0.29, 0.717) is 32.4 Å². The first-order chi connectivity index (χ1) is 12.7. The Labute approximate surface area is 154 Å². The number of likely N-dealkylation sites (tertiary alicyclic amines) is 1. The normalized spacial score (nSPS) is 20.0. The lowest BCUT2D eigenvalue weighted by atomic mass is 9.83. The quantitative estimate of drug-likeness (QED) is 0.870. The van der Waals surface area contributed by atoms with Crippen LogP contribution in [0.1, 0.15) is 37.1 Å². The van der Waals surface area contributed by atoms with E-state index in [4.69, 9.17) is 0 Å². The van der Waals surface area contributed by atoms with Crippen molar-refractivity contribution < 1.29 is 9.59 Å². The summed E-state index contributed by atoms with van der Waals surface area (Å²) in [6.07, 6.45) is 3.47. The largest absolute Gasteiger partial charge is 0.355 e. The van der Waals surface area contributed by atoms with Crippen molar-refractivity contribution in [2.45, 2.75) is 32.2 Å². The van der Waals surface area contributed by atoms with E-state index < -0.39 is 0 Å². The van der Waals surface area contributed by atoms with Crippen molar-refractivity contribution in [3.8, 4) is 0 Å². The molecule has 1 aromatic carbocycles. The molecule has 0 bridgehead atoms. The van der Waals surface area contributed by atoms with Crippen LogP contribution in [0, 0.1) is 5.92 Å². The maximum Gasteiger partial charge on any atom is 0.225 e. The van der Waals surface area contributed by atoms with Gasteiger partial charge in [0.1, 0.15) is 0 Å². The zero-order valence-electron chi connectivity index (χ0n) is 15.1. The van der Waals surface area contributed by atoms with Crippen LogP contribution in [0.3, 0.4) is 0 Å². The molecule has 5 nitrogen and oxygen atoms in total. The Balaban J connectivity index is 1.71. The number of hydrogen-bond acceptors (Lipinski definition) is 3. The third-order valence-electron chi connectivity index (χ3n) is 4.93. The average molecular weight is 351 g/mol. The van der Waals surface area contributed by atoms with Gasteiger partial charge in [0.2, 0.25) is 11.8 Å². The summed E-state index contributed by atoms with van der Waals surface area (Å²) in [5, 5.41) is 3.04. The van der Waals surface area contributed by atoms with E-state index in [2.05, 4.69) is 10.3 Å². The number of nitrogens with zero attached hydrogens (tertiary/aromatic N) is 2. The van der Waals surface area contributed by atoms with Gasteiger partial charge in [-0.2, -0.15) is 0 Å². The third kappa shape index (κ3) is 4.10. The lowest BCUT2D eigenvalue weighted by molar-refractivity contribution is -0.143. The number of piperidine rings is 1. The number of hydrogen-bond donors (Lipinski definition) is 1. The van der Waals surface area contributed by atoms with E-state index >= 15 is 0 Å². The number of rotatable bonds is 6. The second kappa shape index (κ2) is 8.61. The lowest BCUT2D eigenvalue weighted by Gasteiger charge is -2.40. The van der Waals surface area contributed by atoms with Crippen molar-refractivity contribution in [1.29, 1.82) is 0 Å². The zero-order valence-corrected chi connectivity index (χ0v) is 15.1. The van der Waals surface area contributed by atoms with Gasteiger partial charge in [-0.15, -0.1) is 0 Å². The van der Waals surface area contributed by atoms with Gasteiger partial charge in [0.25, 0.3) is 0 Å². The minimum atomic E-state index is -0.223. The molecule has 136 valence electrons. The summed E-state index contributed by atoms with van der Waals surface area (Å²) in [6, 6.07) is 15.4. The minimum Gasteiger partial charge on any atom is -0.355 e. The summed E-state index contributed by atoms with van der Waals surface area (Å²) in [5.41, 5.74) is 1.98. The van der Waals surface area contributed by atoms with Gasteiger partial charge in [0, 0.05) is 37.8 Å². The van der Waals surface area contributed by atoms with Crippen LogP contribution in [-0.2, 0) is 16.0 Å². The van der Waals surface area contributed by atoms with Crippen molar-refractivity contribution in [1.82, 2.24) is 15.2 Å². The molecule has 2 heterocycles. The molecule has 2 atom stereocenters. The third-order valence-corrected chi connectivity index (χ3v) is 4.93. The molecule has 1 aliphatic heterocycles. The van der Waals surface area contributed by atoms with Gasteiger partial charge < -0.3 is 10.2 Å². The first-order valence-electron chi connectivity index (χ1n) is 9.22. The summed E-state index contributed by atoms with van der Waals surface area (Å²) in [5.74, 6) is -0.0848. The molecule has 1 fully saturated rings. The van der Waals surface area contributed by atoms with Gasteiger partial charge in [-0.1, -0.05) is 36.4 Å². The SMILES string of the molecule is CCN1C(=O)CC[C@@H](C(=O)NCCc2ccccn2)[C@@H]1c1ccccc1. The summed E-state index contributed by atoms with van der Waals surface area (Å²) in [7, 11) is 0. The zero-order chi connectivity index (χ0) is 18.4. The molecule has 1 aliphatic rings. The predicted molar refractivity (Wildman–Crippen MR) is 100 cm³/mol. The Bertz CT molecular complexity index is 733. The highest BCUT2D eigenvalue weighted by Crippen LogP contribution is 2.36. The van der Waals surface area contributed by atoms with Crippen molar-refractivity contribution in [2.24, 2.45) is 5.92 Å². The molecule has 3 rings (SSSR count). The summed E-state index contributed by atoms with van der Waals surface area (Å²) in [4.78, 5) is 31.3. The summed E-state index contributed by atoms with van der Waals surface area (Å²) < 4.78 is 0. The van der Waals surface area contributed by atoms with Gasteiger partial charge in [-0.05, 0) is 31.0 Å². The number of amides is 2. The van der Waals surface area contributed by atoms with Crippen molar-refractivity contribution in [3.05, 3.63) is 66.0 Å². The minimum absolute atomic E-state index is 0.0146. The van der Waals surface area contributed by atoms with E-state index in [1.165, 1.54) is 0 Å². The van der Waals surface area contributed by atoms with E-state index in [9.17, 15) is 9.59 Å². The fourth-order valence-electron chi connectivity index (χ4n) is 3.65. The van der Waals surface area contributed by atoms with Crippen LogP contribution in [0.25, 0.3) is 0 Å². The molecule has 2 aromatic rings. The van der Waals surface area contributed by atoms with Gasteiger partial charge >= 0.3 is 0 Å². The molecule has 5 heteroatoms. The highest BCUT2D eigenvalue weighted by molar-refractivity contribution is 5.85. The maximum atomic E-state index is 12.9. The van der Waals surface area contributed by atoms with Crippen molar-refractivity contribution in [2.75, 3.05) is 13.1 Å². The van der Waals surface area contributed by atoms with Crippen LogP contribution in [0.2, 0.25) is 0 Å². The predicted octanol–water partition coefficient (Wildman–Crippen LogP) is 2.74. The standard InChI is InChI=1S/C21H25N3O2/c1-2-24-19(25)12-11-18(20(24)16-8-4-3-5-9-16)21(26)23-15-13-17-10-6-7-14-22-17/h3-10,14,18,20H,2,11-13,15H2,1H3,(H,23,26)/t18-,20+/m1/s1. The van der Waals surface area contributed by atoms with E-state index in [1.807, 2.05) is 60.4 Å². The molecule has 0 unspecified atom stereocenters. The number of carbonyl (C=O) groups excluding carboxylic acids is 2. The monoisotopic (exact) mass is 351 g/mol. The van der Waals surface area contributed by atoms with Crippen LogP contribution in [0.4, 0.5) is 0 Å². The Morgan fingerprint density at radius 3 is 2.65 bits per heavy atom. The molecule has 1 N–H and O–H groups in total. The molecular formula is C21H25N3O2. The molecule has 0 saturated carbocycles. The van der Waals surface area contributed by atoms with Gasteiger partial charge in [0.05, 0.1) is 12.0 Å². The smallest absolute Gasteiger partial charge is 0.225 e. The number of pyridine rings is 1. The summed E-state index contributed by atoms with van der Waals surface area (Å²) in [6.45, 7) is 3.12. The number of nitrogens with one attached hydrogen (secondary N) is 1. The molecular weight excluding hydrogens is 326 g/mol. The van der Waals surface area contributed by atoms with E-state index in [0.717, 1.165) is 11.3 Å². The second-order valence-corrected chi connectivity index (χ2v) is 6.54. The Morgan fingerprint density at radius 2 is 1.96 bits per heavy atom. The van der Waals surface area contributed by atoms with Gasteiger partial charge in [0.15, 0.2) is 0 Å². The first kappa shape index (κ1) is 18.1. The lowest BCUT2D eigenvalue weighted by Crippen LogP contribution is -2.48. The van der Waals surface area contributed by atoms with Gasteiger partial charge in [-0.25, -0.2) is 0 Å². The Hall–Kier alpha value is -2.69. The molecule has 1 saturated heterocycles. The Morgan fingerprint density at radius 1 is 1.19 bits per heavy atom. The van der Waals surface area contributed by atoms with E-state index in [-0.39, 0.29) is 23.8 Å². The molecule has 26 heavy (non-hydrogen) atoms. The second-order valence-electron chi connectivity index (χ2n) is 6.54. The van der Waals surface area contributed by atoms with Crippen molar-refractivity contribution in [3.63, 3.8) is 0 Å². The molecule has 0 spiro atoms. The number of aromatic nitrogens is 1. The number of benzene rings is 1. The van der Waals surface area contributed by atoms with Crippen LogP contribution in [0.5, 0.6) is 0 Å².